The Kier molecular flexibility index (Phi) is 3.79. The van der Waals surface area contributed by atoms with Crippen LogP contribution in [0.5, 0.6) is 0 Å². The molecule has 0 N–H and O–H groups in total. The minimum absolute atomic E-state index is 0.00661. The van der Waals surface area contributed by atoms with Crippen molar-refractivity contribution < 1.29 is 9.59 Å². The summed E-state index contributed by atoms with van der Waals surface area (Å²) in [4.78, 5) is 25.5. The van der Waals surface area contributed by atoms with Crippen LogP contribution in [-0.2, 0) is 9.59 Å². The minimum atomic E-state index is -0.349. The van der Waals surface area contributed by atoms with E-state index in [4.69, 9.17) is 0 Å². The lowest BCUT2D eigenvalue weighted by Crippen LogP contribution is -2.57. The van der Waals surface area contributed by atoms with Crippen molar-refractivity contribution in [1.29, 1.82) is 0 Å². The molecule has 4 saturated carbocycles. The molecular formula is C22H34O2. The molecule has 3 unspecified atom stereocenters. The summed E-state index contributed by atoms with van der Waals surface area (Å²) in [7, 11) is 0. The normalized spacial score (nSPS) is 53.9. The van der Waals surface area contributed by atoms with Gasteiger partial charge in [0.15, 0.2) is 0 Å². The second kappa shape index (κ2) is 5.42. The Balaban J connectivity index is 1.68. The first-order chi connectivity index (χ1) is 11.3. The Bertz CT molecular complexity index is 566. The van der Waals surface area contributed by atoms with Crippen molar-refractivity contribution in [3.05, 3.63) is 0 Å². The first-order valence-electron chi connectivity index (χ1n) is 10.3. The third kappa shape index (κ3) is 2.07. The number of hydrogen-bond acceptors (Lipinski definition) is 2. The molecule has 0 spiro atoms. The molecule has 24 heavy (non-hydrogen) atoms. The molecule has 0 saturated heterocycles. The molecule has 0 aromatic rings. The van der Waals surface area contributed by atoms with Crippen LogP contribution in [0.2, 0.25) is 0 Å². The lowest BCUT2D eigenvalue weighted by Gasteiger charge is -2.60. The van der Waals surface area contributed by atoms with Crippen molar-refractivity contribution in [1.82, 2.24) is 0 Å². The predicted octanol–water partition coefficient (Wildman–Crippen LogP) is 5.05. The van der Waals surface area contributed by atoms with E-state index in [1.165, 1.54) is 32.1 Å². The van der Waals surface area contributed by atoms with Crippen molar-refractivity contribution in [2.45, 2.75) is 79.1 Å². The average molecular weight is 331 g/mol. The van der Waals surface area contributed by atoms with Gasteiger partial charge in [0.05, 0.1) is 0 Å². The molecule has 4 aliphatic rings. The summed E-state index contributed by atoms with van der Waals surface area (Å²) >= 11 is 0. The number of fused-ring (bicyclic) bond motifs is 5. The fourth-order valence-corrected chi connectivity index (χ4v) is 7.83. The van der Waals surface area contributed by atoms with Crippen LogP contribution in [0.25, 0.3) is 0 Å². The molecule has 4 rings (SSSR count). The summed E-state index contributed by atoms with van der Waals surface area (Å²) in [6.45, 7) is 8.77. The molecule has 0 amide bonds. The first-order valence-corrected chi connectivity index (χ1v) is 10.3. The van der Waals surface area contributed by atoms with Gasteiger partial charge in [0.25, 0.3) is 0 Å². The van der Waals surface area contributed by atoms with Crippen LogP contribution in [0.15, 0.2) is 0 Å². The molecule has 134 valence electrons. The van der Waals surface area contributed by atoms with Crippen LogP contribution in [-0.4, -0.2) is 11.6 Å². The van der Waals surface area contributed by atoms with Gasteiger partial charge in [-0.3, -0.25) is 9.59 Å². The van der Waals surface area contributed by atoms with Gasteiger partial charge in [0.2, 0.25) is 0 Å². The molecule has 0 bridgehead atoms. The largest absolute Gasteiger partial charge is 0.300 e. The molecule has 0 aromatic heterocycles. The molecule has 4 fully saturated rings. The van der Waals surface area contributed by atoms with Gasteiger partial charge >= 0.3 is 0 Å². The number of carbonyl (C=O) groups is 2. The van der Waals surface area contributed by atoms with Crippen molar-refractivity contribution in [2.24, 2.45) is 46.3 Å². The quantitative estimate of drug-likeness (QED) is 0.674. The molecule has 0 radical (unpaired) electrons. The van der Waals surface area contributed by atoms with Gasteiger partial charge in [0, 0.05) is 17.8 Å². The van der Waals surface area contributed by atoms with Crippen LogP contribution < -0.4 is 0 Å². The topological polar surface area (TPSA) is 34.1 Å². The number of carbonyl (C=O) groups excluding carboxylic acids is 2. The highest BCUT2D eigenvalue weighted by molar-refractivity contribution is 5.93. The van der Waals surface area contributed by atoms with Gasteiger partial charge in [0.1, 0.15) is 11.6 Å². The van der Waals surface area contributed by atoms with E-state index in [1.54, 1.807) is 6.92 Å². The molecule has 0 aliphatic heterocycles. The van der Waals surface area contributed by atoms with Gasteiger partial charge in [-0.25, -0.2) is 0 Å². The molecular weight excluding hydrogens is 296 g/mol. The van der Waals surface area contributed by atoms with E-state index in [1.807, 2.05) is 0 Å². The van der Waals surface area contributed by atoms with Crippen LogP contribution in [0.3, 0.4) is 0 Å². The summed E-state index contributed by atoms with van der Waals surface area (Å²) < 4.78 is 0. The highest BCUT2D eigenvalue weighted by Crippen LogP contribution is 2.66. The summed E-state index contributed by atoms with van der Waals surface area (Å²) in [5.41, 5.74) is 0.0267. The third-order valence-corrected chi connectivity index (χ3v) is 9.28. The zero-order valence-corrected chi connectivity index (χ0v) is 15.9. The predicted molar refractivity (Wildman–Crippen MR) is 95.5 cm³/mol. The number of Topliss-reactive ketones (excluding diaryl/α,β-unsaturated/α-hetero) is 2. The molecule has 2 heteroatoms. The maximum atomic E-state index is 13.3. The fourth-order valence-electron chi connectivity index (χ4n) is 7.83. The van der Waals surface area contributed by atoms with E-state index in [2.05, 4.69) is 20.8 Å². The fraction of sp³-hybridized carbons (Fsp3) is 0.909. The maximum absolute atomic E-state index is 13.3. The van der Waals surface area contributed by atoms with E-state index in [0.29, 0.717) is 29.0 Å². The molecule has 2 nitrogen and oxygen atoms in total. The zero-order chi connectivity index (χ0) is 17.3. The summed E-state index contributed by atoms with van der Waals surface area (Å²) in [5, 5.41) is 0. The van der Waals surface area contributed by atoms with E-state index < -0.39 is 0 Å². The Morgan fingerprint density at radius 2 is 1.79 bits per heavy atom. The number of rotatable bonds is 1. The average Bonchev–Trinajstić information content (AvgIpc) is 2.88. The maximum Gasteiger partial charge on any atom is 0.140 e. The summed E-state index contributed by atoms with van der Waals surface area (Å²) in [6.07, 6.45) is 9.47. The highest BCUT2D eigenvalue weighted by Gasteiger charge is 2.64. The molecule has 0 heterocycles. The SMILES string of the molecule is CC(=O)[C@H]1CCC2C3CC[C@H]4C[C@@H](C)CC[C@]4(C)C3CC(=O)[C@@]21C. The van der Waals surface area contributed by atoms with Gasteiger partial charge in [-0.05, 0) is 80.5 Å². The van der Waals surface area contributed by atoms with Crippen LogP contribution >= 0.6 is 0 Å². The Hall–Kier alpha value is -0.660. The Labute approximate surface area is 147 Å². The Morgan fingerprint density at radius 3 is 2.50 bits per heavy atom. The van der Waals surface area contributed by atoms with Gasteiger partial charge in [-0.2, -0.15) is 0 Å². The van der Waals surface area contributed by atoms with Gasteiger partial charge in [-0.1, -0.05) is 27.2 Å². The van der Waals surface area contributed by atoms with Crippen molar-refractivity contribution in [2.75, 3.05) is 0 Å². The second-order valence-corrected chi connectivity index (χ2v) is 10.2. The highest BCUT2D eigenvalue weighted by atomic mass is 16.1. The summed E-state index contributed by atoms with van der Waals surface area (Å²) in [6, 6.07) is 0. The first kappa shape index (κ1) is 16.8. The van der Waals surface area contributed by atoms with Crippen LogP contribution in [0, 0.1) is 46.3 Å². The molecule has 8 atom stereocenters. The second-order valence-electron chi connectivity index (χ2n) is 10.2. The van der Waals surface area contributed by atoms with E-state index in [9.17, 15) is 9.59 Å². The lowest BCUT2D eigenvalue weighted by molar-refractivity contribution is -0.159. The van der Waals surface area contributed by atoms with Crippen LogP contribution in [0.1, 0.15) is 79.1 Å². The zero-order valence-electron chi connectivity index (χ0n) is 15.9. The number of hydrogen-bond donors (Lipinski definition) is 0. The van der Waals surface area contributed by atoms with Crippen molar-refractivity contribution in [3.63, 3.8) is 0 Å². The van der Waals surface area contributed by atoms with E-state index in [0.717, 1.165) is 31.1 Å². The standard InChI is InChI=1S/C22H34O2/c1-13-9-10-21(3)15(11-13)5-6-16-18-8-7-17(14(2)23)22(18,4)20(24)12-19(16)21/h13,15-19H,5-12H2,1-4H3/t13-,15-,16?,17+,18?,19?,21-,22+/m0/s1. The lowest BCUT2D eigenvalue weighted by atomic mass is 9.44. The minimum Gasteiger partial charge on any atom is -0.300 e. The smallest absolute Gasteiger partial charge is 0.140 e. The monoisotopic (exact) mass is 330 g/mol. The number of ketones is 2. The third-order valence-electron chi connectivity index (χ3n) is 9.28. The van der Waals surface area contributed by atoms with Crippen molar-refractivity contribution >= 4 is 11.6 Å². The summed E-state index contributed by atoms with van der Waals surface area (Å²) in [5.74, 6) is 4.09. The van der Waals surface area contributed by atoms with Crippen LogP contribution in [0.4, 0.5) is 0 Å². The molecule has 4 aliphatic carbocycles. The van der Waals surface area contributed by atoms with Gasteiger partial charge in [-0.15, -0.1) is 0 Å². The molecule has 0 aromatic carbocycles. The van der Waals surface area contributed by atoms with E-state index >= 15 is 0 Å². The van der Waals surface area contributed by atoms with E-state index in [-0.39, 0.29) is 17.1 Å². The van der Waals surface area contributed by atoms with Gasteiger partial charge < -0.3 is 0 Å². The van der Waals surface area contributed by atoms with Crippen molar-refractivity contribution in [3.8, 4) is 0 Å². The Morgan fingerprint density at radius 1 is 1.04 bits per heavy atom.